The third kappa shape index (κ3) is 20.4. The highest BCUT2D eigenvalue weighted by atomic mass is 16.8. The number of amides is 1. The lowest BCUT2D eigenvalue weighted by atomic mass is 9.96. The van der Waals surface area contributed by atoms with Crippen molar-refractivity contribution in [3.8, 4) is 0 Å². The van der Waals surface area contributed by atoms with Crippen LogP contribution in [0.4, 0.5) is 0 Å². The van der Waals surface area contributed by atoms with Crippen LogP contribution >= 0.6 is 0 Å². The predicted molar refractivity (Wildman–Crippen MR) is 250 cm³/mol. The van der Waals surface area contributed by atoms with E-state index in [0.29, 0.717) is 12.8 Å². The van der Waals surface area contributed by atoms with Gasteiger partial charge in [-0.3, -0.25) is 4.79 Å². The van der Waals surface area contributed by atoms with Crippen LogP contribution in [0.15, 0.2) is 24.3 Å². The number of aliphatic hydroxyl groups is 11. The van der Waals surface area contributed by atoms with E-state index in [0.717, 1.165) is 77.0 Å². The van der Waals surface area contributed by atoms with Crippen LogP contribution in [-0.2, 0) is 33.2 Å². The maximum absolute atomic E-state index is 13.2. The number of aliphatic hydroxyl groups excluding tert-OH is 11. The van der Waals surface area contributed by atoms with Crippen LogP contribution in [0.2, 0.25) is 0 Å². The molecule has 68 heavy (non-hydrogen) atoms. The summed E-state index contributed by atoms with van der Waals surface area (Å²) in [5.74, 6) is -0.263. The largest absolute Gasteiger partial charge is 0.394 e. The van der Waals surface area contributed by atoms with E-state index in [-0.39, 0.29) is 18.9 Å². The summed E-state index contributed by atoms with van der Waals surface area (Å²) < 4.78 is 34.1. The van der Waals surface area contributed by atoms with E-state index in [9.17, 15) is 61.0 Å². The standard InChI is InChI=1S/C49H89NO18/c1-3-5-7-9-11-13-14-15-16-17-18-19-21-23-25-27-37(55)50-32(33(54)26-24-22-20-12-10-8-6-4-2)31-63-47-43(61)40(58)45(35(29-52)65-47)68-49-44(62)41(59)46(36(30-53)66-49)67-48-42(60)39(57)38(56)34(28-51)64-48/h11,13,15-16,32-36,38-49,51-54,56-62H,3-10,12,14,17-31H2,1-2H3,(H,50,55)/b13-11-,16-15-. The average molecular weight is 980 g/mol. The Hall–Kier alpha value is -1.73. The highest BCUT2D eigenvalue weighted by Crippen LogP contribution is 2.33. The third-order valence-corrected chi connectivity index (χ3v) is 13.0. The molecule has 3 rings (SSSR count). The van der Waals surface area contributed by atoms with E-state index in [2.05, 4.69) is 43.5 Å². The highest BCUT2D eigenvalue weighted by Gasteiger charge is 2.53. The van der Waals surface area contributed by atoms with Gasteiger partial charge < -0.3 is 89.9 Å². The van der Waals surface area contributed by atoms with Crippen LogP contribution in [0.3, 0.4) is 0 Å². The SMILES string of the molecule is CCCCC/C=C\C/C=C\CCCCCCCC(=O)NC(COC1OC(CO)C(OC2OC(CO)C(OC3OC(CO)C(O)C(O)C3O)C(O)C2O)C(O)C1O)C(O)CCCCCCCCCC. The molecule has 3 aliphatic rings. The molecular weight excluding hydrogens is 891 g/mol. The molecule has 0 aromatic carbocycles. The molecule has 17 unspecified atom stereocenters. The Bertz CT molecular complexity index is 1360. The number of carbonyl (C=O) groups excluding carboxylic acids is 1. The van der Waals surface area contributed by atoms with E-state index in [1.807, 2.05) is 0 Å². The van der Waals surface area contributed by atoms with E-state index in [1.165, 1.54) is 38.5 Å². The first kappa shape index (κ1) is 60.6. The van der Waals surface area contributed by atoms with Crippen LogP contribution in [-0.4, -0.2) is 193 Å². The average Bonchev–Trinajstić information content (AvgIpc) is 3.33. The summed E-state index contributed by atoms with van der Waals surface area (Å²) >= 11 is 0. The highest BCUT2D eigenvalue weighted by molar-refractivity contribution is 5.76. The van der Waals surface area contributed by atoms with Crippen LogP contribution in [0, 0.1) is 0 Å². The van der Waals surface area contributed by atoms with Crippen molar-refractivity contribution in [1.29, 1.82) is 0 Å². The monoisotopic (exact) mass is 980 g/mol. The topological polar surface area (TPSA) is 307 Å². The Morgan fingerprint density at radius 2 is 0.971 bits per heavy atom. The molecule has 19 heteroatoms. The molecule has 0 radical (unpaired) electrons. The summed E-state index contributed by atoms with van der Waals surface area (Å²) in [6.07, 6.45) is 3.08. The first-order valence-electron chi connectivity index (χ1n) is 25.6. The molecule has 0 aliphatic carbocycles. The first-order valence-corrected chi connectivity index (χ1v) is 25.6. The second kappa shape index (κ2) is 34.6. The molecule has 17 atom stereocenters. The summed E-state index contributed by atoms with van der Waals surface area (Å²) in [5.41, 5.74) is 0. The number of allylic oxidation sites excluding steroid dienone is 4. The Labute approximate surface area is 403 Å². The van der Waals surface area contributed by atoms with Crippen LogP contribution in [0.25, 0.3) is 0 Å². The number of carbonyl (C=O) groups is 1. The third-order valence-electron chi connectivity index (χ3n) is 13.0. The maximum Gasteiger partial charge on any atom is 0.220 e. The number of ether oxygens (including phenoxy) is 6. The molecule has 0 spiro atoms. The van der Waals surface area contributed by atoms with Crippen LogP contribution in [0.5, 0.6) is 0 Å². The van der Waals surface area contributed by atoms with E-state index in [4.69, 9.17) is 28.4 Å². The van der Waals surface area contributed by atoms with Crippen molar-refractivity contribution in [2.24, 2.45) is 0 Å². The summed E-state index contributed by atoms with van der Waals surface area (Å²) in [6.45, 7) is 1.66. The molecule has 0 aromatic rings. The quantitative estimate of drug-likeness (QED) is 0.0317. The van der Waals surface area contributed by atoms with E-state index in [1.54, 1.807) is 0 Å². The Kier molecular flexibility index (Phi) is 30.8. The number of hydrogen-bond acceptors (Lipinski definition) is 18. The van der Waals surface area contributed by atoms with Gasteiger partial charge >= 0.3 is 0 Å². The minimum atomic E-state index is -1.97. The van der Waals surface area contributed by atoms with Crippen molar-refractivity contribution < 1.29 is 89.4 Å². The predicted octanol–water partition coefficient (Wildman–Crippen LogP) is 1.64. The molecular formula is C49H89NO18. The van der Waals surface area contributed by atoms with Crippen molar-refractivity contribution in [1.82, 2.24) is 5.32 Å². The normalized spacial score (nSPS) is 33.3. The van der Waals surface area contributed by atoms with E-state index < -0.39 is 124 Å². The van der Waals surface area contributed by atoms with Gasteiger partial charge in [-0.25, -0.2) is 0 Å². The van der Waals surface area contributed by atoms with Gasteiger partial charge in [0.15, 0.2) is 18.9 Å². The Morgan fingerprint density at radius 1 is 0.529 bits per heavy atom. The van der Waals surface area contributed by atoms with Crippen molar-refractivity contribution in [3.05, 3.63) is 24.3 Å². The fraction of sp³-hybridized carbons (Fsp3) is 0.898. The minimum Gasteiger partial charge on any atom is -0.394 e. The zero-order valence-electron chi connectivity index (χ0n) is 40.6. The van der Waals surface area contributed by atoms with Crippen molar-refractivity contribution in [2.75, 3.05) is 26.4 Å². The lowest BCUT2D eigenvalue weighted by Gasteiger charge is -2.48. The summed E-state index contributed by atoms with van der Waals surface area (Å²) in [5, 5.41) is 119. The summed E-state index contributed by atoms with van der Waals surface area (Å²) in [4.78, 5) is 13.2. The Balaban J connectivity index is 1.54. The van der Waals surface area contributed by atoms with Gasteiger partial charge in [0, 0.05) is 6.42 Å². The molecule has 3 aliphatic heterocycles. The lowest BCUT2D eigenvalue weighted by molar-refractivity contribution is -0.379. The zero-order valence-corrected chi connectivity index (χ0v) is 40.6. The molecule has 12 N–H and O–H groups in total. The smallest absolute Gasteiger partial charge is 0.220 e. The second-order valence-corrected chi connectivity index (χ2v) is 18.6. The molecule has 0 saturated carbocycles. The van der Waals surface area contributed by atoms with Crippen molar-refractivity contribution in [2.45, 2.75) is 253 Å². The van der Waals surface area contributed by atoms with Gasteiger partial charge in [-0.15, -0.1) is 0 Å². The zero-order chi connectivity index (χ0) is 49.8. The molecule has 0 aromatic heterocycles. The number of unbranched alkanes of at least 4 members (excludes halogenated alkanes) is 15. The molecule has 3 saturated heterocycles. The fourth-order valence-electron chi connectivity index (χ4n) is 8.69. The molecule has 3 fully saturated rings. The second-order valence-electron chi connectivity index (χ2n) is 18.6. The van der Waals surface area contributed by atoms with Gasteiger partial charge in [0.1, 0.15) is 73.2 Å². The molecule has 0 bridgehead atoms. The van der Waals surface area contributed by atoms with Gasteiger partial charge in [0.2, 0.25) is 5.91 Å². The van der Waals surface area contributed by atoms with Crippen LogP contribution in [0.1, 0.15) is 149 Å². The molecule has 398 valence electrons. The van der Waals surface area contributed by atoms with E-state index >= 15 is 0 Å². The molecule has 1 amide bonds. The molecule has 3 heterocycles. The first-order chi connectivity index (χ1) is 32.8. The summed E-state index contributed by atoms with van der Waals surface area (Å²) in [7, 11) is 0. The van der Waals surface area contributed by atoms with Crippen molar-refractivity contribution in [3.63, 3.8) is 0 Å². The maximum atomic E-state index is 13.2. The van der Waals surface area contributed by atoms with Gasteiger partial charge in [0.25, 0.3) is 0 Å². The fourth-order valence-corrected chi connectivity index (χ4v) is 8.69. The lowest BCUT2D eigenvalue weighted by Crippen LogP contribution is -2.66. The molecule has 19 nitrogen and oxygen atoms in total. The number of nitrogens with one attached hydrogen (secondary N) is 1. The number of hydrogen-bond donors (Lipinski definition) is 12. The number of rotatable bonds is 35. The minimum absolute atomic E-state index is 0.250. The van der Waals surface area contributed by atoms with Gasteiger partial charge in [-0.2, -0.15) is 0 Å². The van der Waals surface area contributed by atoms with Crippen molar-refractivity contribution >= 4 is 5.91 Å². The van der Waals surface area contributed by atoms with Crippen LogP contribution < -0.4 is 5.32 Å². The van der Waals surface area contributed by atoms with Gasteiger partial charge in [0.05, 0.1) is 38.6 Å². The summed E-state index contributed by atoms with van der Waals surface area (Å²) in [6, 6.07) is -0.889. The van der Waals surface area contributed by atoms with Gasteiger partial charge in [-0.05, 0) is 44.9 Å². The van der Waals surface area contributed by atoms with Gasteiger partial charge in [-0.1, -0.05) is 122 Å². The Morgan fingerprint density at radius 3 is 1.53 bits per heavy atom.